The number of fused-ring (bicyclic) bond motifs is 1. The molecule has 0 aliphatic rings. The first-order chi connectivity index (χ1) is 8.49. The quantitative estimate of drug-likeness (QED) is 0.880. The van der Waals surface area contributed by atoms with E-state index in [1.54, 1.807) is 0 Å². The number of benzene rings is 1. The first-order valence-corrected chi connectivity index (χ1v) is 6.44. The number of aromatic nitrogens is 1. The van der Waals surface area contributed by atoms with Crippen molar-refractivity contribution in [2.24, 2.45) is 0 Å². The third-order valence-corrected chi connectivity index (χ3v) is 3.02. The molecule has 3 nitrogen and oxygen atoms in total. The molecule has 0 radical (unpaired) electrons. The van der Waals surface area contributed by atoms with Crippen molar-refractivity contribution in [3.8, 4) is 5.75 Å². The van der Waals surface area contributed by atoms with Crippen LogP contribution >= 0.6 is 0 Å². The molecule has 0 aliphatic heterocycles. The van der Waals surface area contributed by atoms with Crippen LogP contribution < -0.4 is 4.74 Å². The van der Waals surface area contributed by atoms with E-state index >= 15 is 0 Å². The van der Waals surface area contributed by atoms with Crippen molar-refractivity contribution in [1.29, 1.82) is 0 Å². The highest BCUT2D eigenvalue weighted by Gasteiger charge is 2.12. The van der Waals surface area contributed by atoms with Crippen LogP contribution in [0, 0.1) is 0 Å². The predicted octanol–water partition coefficient (Wildman–Crippen LogP) is 3.20. The van der Waals surface area contributed by atoms with Crippen LogP contribution in [0.2, 0.25) is 0 Å². The van der Waals surface area contributed by atoms with E-state index in [1.807, 2.05) is 26.8 Å². The lowest BCUT2D eigenvalue weighted by atomic mass is 10.1. The van der Waals surface area contributed by atoms with Crippen LogP contribution in [-0.2, 0) is 6.54 Å². The lowest BCUT2D eigenvalue weighted by Crippen LogP contribution is -2.20. The largest absolute Gasteiger partial charge is 0.494 e. The summed E-state index contributed by atoms with van der Waals surface area (Å²) in [6.45, 7) is 7.17. The van der Waals surface area contributed by atoms with Gasteiger partial charge in [-0.05, 0) is 51.5 Å². The Hall–Kier alpha value is -1.48. The Balaban J connectivity index is 2.20. The highest BCUT2D eigenvalue weighted by Crippen LogP contribution is 2.23. The fraction of sp³-hybridized carbons (Fsp3) is 0.467. The maximum absolute atomic E-state index is 9.77. The third-order valence-electron chi connectivity index (χ3n) is 3.02. The molecule has 0 unspecified atom stereocenters. The number of hydrogen-bond acceptors (Lipinski definition) is 2. The number of ether oxygens (including phenoxy) is 1. The summed E-state index contributed by atoms with van der Waals surface area (Å²) < 4.78 is 7.66. The zero-order valence-corrected chi connectivity index (χ0v) is 11.3. The Bertz CT molecular complexity index is 523. The minimum absolute atomic E-state index is 0.623. The van der Waals surface area contributed by atoms with E-state index in [1.165, 1.54) is 10.9 Å². The van der Waals surface area contributed by atoms with E-state index < -0.39 is 5.60 Å². The second-order valence-electron chi connectivity index (χ2n) is 5.23. The van der Waals surface area contributed by atoms with Gasteiger partial charge in [0.1, 0.15) is 5.75 Å². The van der Waals surface area contributed by atoms with Crippen LogP contribution in [0.3, 0.4) is 0 Å². The summed E-state index contributed by atoms with van der Waals surface area (Å²) in [6.07, 6.45) is 2.80. The van der Waals surface area contributed by atoms with Crippen molar-refractivity contribution in [3.63, 3.8) is 0 Å². The van der Waals surface area contributed by atoms with Crippen LogP contribution in [0.4, 0.5) is 0 Å². The SMILES string of the molecule is CCOc1ccc2c(ccn2CCC(C)(C)O)c1. The number of nitrogens with zero attached hydrogens (tertiary/aromatic N) is 1. The van der Waals surface area contributed by atoms with Gasteiger partial charge in [0.25, 0.3) is 0 Å². The first-order valence-electron chi connectivity index (χ1n) is 6.44. The Morgan fingerprint density at radius 2 is 2.06 bits per heavy atom. The molecule has 1 aromatic heterocycles. The summed E-state index contributed by atoms with van der Waals surface area (Å²) in [5.41, 5.74) is 0.560. The van der Waals surface area contributed by atoms with Crippen molar-refractivity contribution in [3.05, 3.63) is 30.5 Å². The lowest BCUT2D eigenvalue weighted by Gasteiger charge is -2.17. The summed E-state index contributed by atoms with van der Waals surface area (Å²) in [5.74, 6) is 0.908. The molecule has 18 heavy (non-hydrogen) atoms. The molecule has 0 amide bonds. The van der Waals surface area contributed by atoms with Crippen molar-refractivity contribution < 1.29 is 9.84 Å². The highest BCUT2D eigenvalue weighted by atomic mass is 16.5. The average molecular weight is 247 g/mol. The number of aryl methyl sites for hydroxylation is 1. The fourth-order valence-corrected chi connectivity index (χ4v) is 2.02. The second-order valence-corrected chi connectivity index (χ2v) is 5.23. The van der Waals surface area contributed by atoms with Gasteiger partial charge in [-0.3, -0.25) is 0 Å². The van der Waals surface area contributed by atoms with Gasteiger partial charge >= 0.3 is 0 Å². The minimum Gasteiger partial charge on any atom is -0.494 e. The molecule has 2 rings (SSSR count). The van der Waals surface area contributed by atoms with Crippen LogP contribution in [-0.4, -0.2) is 21.9 Å². The van der Waals surface area contributed by atoms with Crippen LogP contribution in [0.25, 0.3) is 10.9 Å². The smallest absolute Gasteiger partial charge is 0.120 e. The molecule has 0 spiro atoms. The maximum atomic E-state index is 9.77. The van der Waals surface area contributed by atoms with E-state index in [0.717, 1.165) is 18.7 Å². The zero-order valence-electron chi connectivity index (χ0n) is 11.3. The van der Waals surface area contributed by atoms with E-state index in [9.17, 15) is 5.11 Å². The summed E-state index contributed by atoms with van der Waals surface area (Å²) in [7, 11) is 0. The van der Waals surface area contributed by atoms with E-state index in [0.29, 0.717) is 6.61 Å². The molecule has 0 bridgehead atoms. The molecule has 0 saturated heterocycles. The molecular formula is C15H21NO2. The number of hydrogen-bond donors (Lipinski definition) is 1. The van der Waals surface area contributed by atoms with Crippen molar-refractivity contribution >= 4 is 10.9 Å². The van der Waals surface area contributed by atoms with Gasteiger partial charge < -0.3 is 14.4 Å². The van der Waals surface area contributed by atoms with Gasteiger partial charge in [-0.1, -0.05) is 0 Å². The van der Waals surface area contributed by atoms with Crippen LogP contribution in [0.15, 0.2) is 30.5 Å². The molecule has 2 aromatic rings. The van der Waals surface area contributed by atoms with E-state index in [-0.39, 0.29) is 0 Å². The Morgan fingerprint density at radius 1 is 1.28 bits per heavy atom. The summed E-state index contributed by atoms with van der Waals surface area (Å²) in [6, 6.07) is 8.21. The molecule has 98 valence electrons. The maximum Gasteiger partial charge on any atom is 0.120 e. The Kier molecular flexibility index (Phi) is 3.62. The summed E-state index contributed by atoms with van der Waals surface area (Å²) >= 11 is 0. The monoisotopic (exact) mass is 247 g/mol. The van der Waals surface area contributed by atoms with Gasteiger partial charge in [0.15, 0.2) is 0 Å². The number of aliphatic hydroxyl groups is 1. The molecule has 1 N–H and O–H groups in total. The molecule has 1 heterocycles. The van der Waals surface area contributed by atoms with Crippen molar-refractivity contribution in [1.82, 2.24) is 4.57 Å². The Labute approximate surface area is 108 Å². The topological polar surface area (TPSA) is 34.4 Å². The third kappa shape index (κ3) is 3.05. The molecule has 0 atom stereocenters. The van der Waals surface area contributed by atoms with Gasteiger partial charge in [0.2, 0.25) is 0 Å². The van der Waals surface area contributed by atoms with Crippen LogP contribution in [0.1, 0.15) is 27.2 Å². The summed E-state index contributed by atoms with van der Waals surface area (Å²) in [4.78, 5) is 0. The first kappa shape index (κ1) is 13.0. The molecule has 1 aromatic carbocycles. The standard InChI is InChI=1S/C15H21NO2/c1-4-18-13-5-6-14-12(11-13)7-9-16(14)10-8-15(2,3)17/h5-7,9,11,17H,4,8,10H2,1-3H3. The summed E-state index contributed by atoms with van der Waals surface area (Å²) in [5, 5.41) is 10.9. The van der Waals surface area contributed by atoms with Crippen molar-refractivity contribution in [2.45, 2.75) is 39.3 Å². The lowest BCUT2D eigenvalue weighted by molar-refractivity contribution is 0.0666. The van der Waals surface area contributed by atoms with Crippen LogP contribution in [0.5, 0.6) is 5.75 Å². The van der Waals surface area contributed by atoms with Gasteiger partial charge in [0, 0.05) is 23.6 Å². The average Bonchev–Trinajstić information content (AvgIpc) is 2.68. The normalized spacial score (nSPS) is 12.0. The van der Waals surface area contributed by atoms with Gasteiger partial charge in [-0.25, -0.2) is 0 Å². The molecule has 0 aliphatic carbocycles. The van der Waals surface area contributed by atoms with E-state index in [4.69, 9.17) is 4.74 Å². The predicted molar refractivity (Wildman–Crippen MR) is 74.0 cm³/mol. The molecular weight excluding hydrogens is 226 g/mol. The zero-order chi connectivity index (χ0) is 13.2. The fourth-order valence-electron chi connectivity index (χ4n) is 2.02. The highest BCUT2D eigenvalue weighted by molar-refractivity contribution is 5.81. The number of rotatable bonds is 5. The van der Waals surface area contributed by atoms with Gasteiger partial charge in [-0.2, -0.15) is 0 Å². The van der Waals surface area contributed by atoms with Gasteiger partial charge in [0.05, 0.1) is 12.2 Å². The molecule has 0 saturated carbocycles. The second kappa shape index (κ2) is 5.02. The Morgan fingerprint density at radius 3 is 2.72 bits per heavy atom. The minimum atomic E-state index is -0.623. The molecule has 0 fully saturated rings. The van der Waals surface area contributed by atoms with E-state index in [2.05, 4.69) is 29.0 Å². The van der Waals surface area contributed by atoms with Gasteiger partial charge in [-0.15, -0.1) is 0 Å². The van der Waals surface area contributed by atoms with Crippen molar-refractivity contribution in [2.75, 3.05) is 6.61 Å². The molecule has 3 heteroatoms.